The first kappa shape index (κ1) is 26.3. The van der Waals surface area contributed by atoms with E-state index in [2.05, 4.69) is 163 Å². The second kappa shape index (κ2) is 9.93. The van der Waals surface area contributed by atoms with Crippen LogP contribution in [0.4, 0.5) is 22.7 Å². The molecule has 2 aliphatic heterocycles. The first-order chi connectivity index (χ1) is 22.1. The van der Waals surface area contributed by atoms with Crippen LogP contribution in [0, 0.1) is 5.41 Å². The van der Waals surface area contributed by atoms with Crippen LogP contribution in [-0.2, 0) is 0 Å². The lowest BCUT2D eigenvalue weighted by Gasteiger charge is -2.44. The maximum Gasteiger partial charge on any atom is 0.132 e. The van der Waals surface area contributed by atoms with Crippen molar-refractivity contribution in [2.45, 2.75) is 31.8 Å². The third kappa shape index (κ3) is 3.86. The monoisotopic (exact) mass is 581 g/mol. The van der Waals surface area contributed by atoms with E-state index >= 15 is 0 Å². The van der Waals surface area contributed by atoms with Crippen LogP contribution in [0.1, 0.15) is 48.5 Å². The van der Waals surface area contributed by atoms with Crippen molar-refractivity contribution in [3.05, 3.63) is 167 Å². The lowest BCUT2D eigenvalue weighted by Crippen LogP contribution is -2.39. The molecular weight excluding hydrogens is 546 g/mol. The van der Waals surface area contributed by atoms with E-state index in [0.29, 0.717) is 0 Å². The molecule has 5 aromatic rings. The van der Waals surface area contributed by atoms with Gasteiger partial charge in [-0.2, -0.15) is 0 Å². The van der Waals surface area contributed by atoms with Gasteiger partial charge in [0.1, 0.15) is 6.17 Å². The molecule has 0 aromatic heterocycles. The van der Waals surface area contributed by atoms with E-state index in [9.17, 15) is 0 Å². The van der Waals surface area contributed by atoms with Crippen molar-refractivity contribution in [2.24, 2.45) is 10.4 Å². The van der Waals surface area contributed by atoms with Crippen molar-refractivity contribution in [3.8, 4) is 0 Å². The second-order valence-electron chi connectivity index (χ2n) is 13.0. The van der Waals surface area contributed by atoms with Crippen LogP contribution < -0.4 is 9.80 Å². The van der Waals surface area contributed by atoms with Gasteiger partial charge in [-0.1, -0.05) is 115 Å². The van der Waals surface area contributed by atoms with Crippen molar-refractivity contribution in [1.82, 2.24) is 0 Å². The lowest BCUT2D eigenvalue weighted by molar-refractivity contribution is 0.505. The summed E-state index contributed by atoms with van der Waals surface area (Å²) in [6.07, 6.45) is 11.7. The topological polar surface area (TPSA) is 18.8 Å². The van der Waals surface area contributed by atoms with Gasteiger partial charge in [0, 0.05) is 29.5 Å². The van der Waals surface area contributed by atoms with E-state index in [1.807, 2.05) is 0 Å². The molecule has 4 aliphatic rings. The minimum absolute atomic E-state index is 0.0591. The minimum atomic E-state index is -0.256. The summed E-state index contributed by atoms with van der Waals surface area (Å²) in [5, 5.41) is 2.47. The number of allylic oxidation sites excluding steroid dienone is 6. The Morgan fingerprint density at radius 2 is 1.47 bits per heavy atom. The summed E-state index contributed by atoms with van der Waals surface area (Å²) in [6, 6.07) is 42.2. The molecule has 45 heavy (non-hydrogen) atoms. The normalized spacial score (nSPS) is 23.0. The second-order valence-corrected chi connectivity index (χ2v) is 13.0. The highest BCUT2D eigenvalue weighted by Crippen LogP contribution is 2.56. The van der Waals surface area contributed by atoms with E-state index in [1.54, 1.807) is 0 Å². The smallest absolute Gasteiger partial charge is 0.132 e. The standard InChI is InChI=1S/C42H35N3/c1-42-27-26-29-13-7-9-17-34(29)40(42)43-39-33-16-8-6-12-28(33)24-25-35(39)38(42)30-20-22-31(23-21-30)41-44(2)36-18-10-11-19-37(36)45(41)32-14-4-3-5-15-32/h3-6,8-12,14-27,38,41H,7,13H2,1-2H3. The summed E-state index contributed by atoms with van der Waals surface area (Å²) in [6.45, 7) is 2.39. The number of rotatable bonds is 3. The molecule has 9 rings (SSSR count). The first-order valence-corrected chi connectivity index (χ1v) is 16.1. The Kier molecular flexibility index (Phi) is 5.80. The van der Waals surface area contributed by atoms with E-state index in [0.717, 1.165) is 18.5 Å². The summed E-state index contributed by atoms with van der Waals surface area (Å²) in [5.74, 6) is 0.142. The zero-order chi connectivity index (χ0) is 30.1. The number of aliphatic imine (C=N–C) groups is 1. The zero-order valence-electron chi connectivity index (χ0n) is 25.7. The maximum atomic E-state index is 5.53. The summed E-state index contributed by atoms with van der Waals surface area (Å²) >= 11 is 0. The average Bonchev–Trinajstić information content (AvgIpc) is 3.39. The lowest BCUT2D eigenvalue weighted by atomic mass is 9.61. The van der Waals surface area contributed by atoms with Gasteiger partial charge in [0.25, 0.3) is 0 Å². The molecule has 2 aliphatic carbocycles. The molecule has 0 N–H and O–H groups in total. The van der Waals surface area contributed by atoms with Crippen LogP contribution in [0.25, 0.3) is 10.8 Å². The Morgan fingerprint density at radius 3 is 2.31 bits per heavy atom. The molecule has 3 unspecified atom stereocenters. The van der Waals surface area contributed by atoms with Crippen LogP contribution >= 0.6 is 0 Å². The molecule has 0 spiro atoms. The van der Waals surface area contributed by atoms with Crippen molar-refractivity contribution >= 4 is 39.2 Å². The fraction of sp³-hybridized carbons (Fsp3) is 0.167. The molecule has 3 nitrogen and oxygen atoms in total. The van der Waals surface area contributed by atoms with Gasteiger partial charge < -0.3 is 9.80 Å². The molecule has 0 fully saturated rings. The van der Waals surface area contributed by atoms with E-state index < -0.39 is 0 Å². The van der Waals surface area contributed by atoms with Crippen LogP contribution in [0.5, 0.6) is 0 Å². The Hall–Kier alpha value is -5.15. The molecule has 2 heterocycles. The van der Waals surface area contributed by atoms with Crippen molar-refractivity contribution < 1.29 is 0 Å². The molecule has 0 saturated carbocycles. The van der Waals surface area contributed by atoms with Crippen LogP contribution in [0.3, 0.4) is 0 Å². The fourth-order valence-electron chi connectivity index (χ4n) is 8.24. The Balaban J connectivity index is 1.19. The molecule has 0 radical (unpaired) electrons. The van der Waals surface area contributed by atoms with E-state index in [1.165, 1.54) is 61.4 Å². The van der Waals surface area contributed by atoms with Crippen molar-refractivity contribution in [1.29, 1.82) is 0 Å². The minimum Gasteiger partial charge on any atom is -0.349 e. The van der Waals surface area contributed by atoms with Gasteiger partial charge in [-0.25, -0.2) is 0 Å². The highest BCUT2D eigenvalue weighted by Gasteiger charge is 2.46. The summed E-state index contributed by atoms with van der Waals surface area (Å²) in [7, 11) is 2.21. The number of fused-ring (bicyclic) bond motifs is 6. The van der Waals surface area contributed by atoms with Gasteiger partial charge in [0.2, 0.25) is 0 Å². The van der Waals surface area contributed by atoms with E-state index in [-0.39, 0.29) is 17.5 Å². The molecule has 3 atom stereocenters. The number of benzene rings is 5. The van der Waals surface area contributed by atoms with Crippen LogP contribution in [-0.4, -0.2) is 12.8 Å². The van der Waals surface area contributed by atoms with Gasteiger partial charge in [-0.3, -0.25) is 4.99 Å². The predicted octanol–water partition coefficient (Wildman–Crippen LogP) is 10.6. The fourth-order valence-corrected chi connectivity index (χ4v) is 8.24. The van der Waals surface area contributed by atoms with Gasteiger partial charge in [0.05, 0.1) is 22.8 Å². The van der Waals surface area contributed by atoms with Crippen LogP contribution in [0.15, 0.2) is 156 Å². The highest BCUT2D eigenvalue weighted by molar-refractivity contribution is 6.14. The summed E-state index contributed by atoms with van der Waals surface area (Å²) in [4.78, 5) is 10.4. The summed E-state index contributed by atoms with van der Waals surface area (Å²) < 4.78 is 0. The molecular formula is C42H35N3. The van der Waals surface area contributed by atoms with Crippen LogP contribution in [0.2, 0.25) is 0 Å². The molecule has 5 aromatic carbocycles. The van der Waals surface area contributed by atoms with Gasteiger partial charge in [-0.05, 0) is 77.3 Å². The Bertz CT molecular complexity index is 2100. The number of para-hydroxylation sites is 3. The SMILES string of the molecule is CN1c2ccccc2N(c2ccccc2)C1c1ccc(C2c3ccc4ccccc4c3N=C3C4=C(C=CC32C)CCC=C4)cc1. The summed E-state index contributed by atoms with van der Waals surface area (Å²) in [5.41, 5.74) is 12.4. The molecule has 0 amide bonds. The quantitative estimate of drug-likeness (QED) is 0.211. The van der Waals surface area contributed by atoms with Crippen molar-refractivity contribution in [2.75, 3.05) is 16.8 Å². The molecule has 3 heteroatoms. The van der Waals surface area contributed by atoms with Gasteiger partial charge >= 0.3 is 0 Å². The Morgan fingerprint density at radius 1 is 0.733 bits per heavy atom. The number of hydrogen-bond acceptors (Lipinski definition) is 3. The molecule has 0 bridgehead atoms. The predicted molar refractivity (Wildman–Crippen MR) is 188 cm³/mol. The Labute approximate surface area is 265 Å². The number of hydrogen-bond donors (Lipinski definition) is 0. The maximum absolute atomic E-state index is 5.53. The van der Waals surface area contributed by atoms with Gasteiger partial charge in [-0.15, -0.1) is 0 Å². The average molecular weight is 582 g/mol. The molecule has 218 valence electrons. The van der Waals surface area contributed by atoms with Gasteiger partial charge in [0.15, 0.2) is 0 Å². The highest BCUT2D eigenvalue weighted by atomic mass is 15.4. The third-order valence-electron chi connectivity index (χ3n) is 10.4. The number of nitrogens with zero attached hydrogens (tertiary/aromatic N) is 3. The first-order valence-electron chi connectivity index (χ1n) is 16.1. The largest absolute Gasteiger partial charge is 0.349 e. The third-order valence-corrected chi connectivity index (χ3v) is 10.4. The molecule has 0 saturated heterocycles. The van der Waals surface area contributed by atoms with E-state index in [4.69, 9.17) is 4.99 Å². The number of anilines is 3. The zero-order valence-corrected chi connectivity index (χ0v) is 25.7. The van der Waals surface area contributed by atoms with Crippen molar-refractivity contribution in [3.63, 3.8) is 0 Å².